The molecule has 138 valence electrons. The molecule has 0 amide bonds. The van der Waals surface area contributed by atoms with Gasteiger partial charge in [0, 0.05) is 50.7 Å². The number of ether oxygens (including phenoxy) is 1. The Morgan fingerprint density at radius 1 is 1.20 bits per heavy atom. The Bertz CT molecular complexity index is 578. The van der Waals surface area contributed by atoms with Crippen LogP contribution in [-0.4, -0.2) is 61.7 Å². The minimum absolute atomic E-state index is 0.118. The number of piperazine rings is 1. The second-order valence-corrected chi connectivity index (χ2v) is 8.55. The molecule has 1 saturated heterocycles. The molecule has 2 atom stereocenters. The van der Waals surface area contributed by atoms with Crippen LogP contribution in [0, 0.1) is 5.92 Å². The van der Waals surface area contributed by atoms with E-state index in [1.54, 1.807) is 0 Å². The van der Waals surface area contributed by atoms with E-state index in [2.05, 4.69) is 53.4 Å². The van der Waals surface area contributed by atoms with Crippen LogP contribution in [0.4, 0.5) is 0 Å². The van der Waals surface area contributed by atoms with Gasteiger partial charge in [-0.1, -0.05) is 25.1 Å². The van der Waals surface area contributed by atoms with Gasteiger partial charge >= 0.3 is 0 Å². The monoisotopic (exact) mass is 343 g/mol. The Morgan fingerprint density at radius 2 is 1.96 bits per heavy atom. The van der Waals surface area contributed by atoms with Crippen LogP contribution in [0.2, 0.25) is 0 Å². The lowest BCUT2D eigenvalue weighted by atomic mass is 9.73. The third kappa shape index (κ3) is 3.86. The van der Waals surface area contributed by atoms with Gasteiger partial charge in [-0.05, 0) is 44.8 Å². The summed E-state index contributed by atoms with van der Waals surface area (Å²) in [6.07, 6.45) is 4.88. The van der Waals surface area contributed by atoms with Crippen molar-refractivity contribution in [3.63, 3.8) is 0 Å². The average Bonchev–Trinajstić information content (AvgIpc) is 2.60. The van der Waals surface area contributed by atoms with Crippen LogP contribution in [0.5, 0.6) is 5.75 Å². The first-order chi connectivity index (χ1) is 12.1. The normalized spacial score (nSPS) is 27.4. The van der Waals surface area contributed by atoms with E-state index in [0.29, 0.717) is 12.0 Å². The maximum atomic E-state index is 6.37. The topological polar surface area (TPSA) is 27.7 Å². The molecule has 0 radical (unpaired) electrons. The molecule has 2 fully saturated rings. The van der Waals surface area contributed by atoms with Crippen molar-refractivity contribution in [2.24, 2.45) is 5.92 Å². The fourth-order valence-corrected chi connectivity index (χ4v) is 4.56. The van der Waals surface area contributed by atoms with Crippen molar-refractivity contribution in [2.75, 3.05) is 46.3 Å². The van der Waals surface area contributed by atoms with Crippen molar-refractivity contribution in [1.29, 1.82) is 0 Å². The van der Waals surface area contributed by atoms with E-state index in [0.717, 1.165) is 18.7 Å². The Balaban J connectivity index is 1.34. The molecule has 4 heteroatoms. The van der Waals surface area contributed by atoms with Crippen LogP contribution in [0.15, 0.2) is 24.3 Å². The lowest BCUT2D eigenvalue weighted by molar-refractivity contribution is -0.0372. The first-order valence-corrected chi connectivity index (χ1v) is 10.1. The highest BCUT2D eigenvalue weighted by Gasteiger charge is 2.45. The van der Waals surface area contributed by atoms with Gasteiger partial charge in [0.2, 0.25) is 0 Å². The molecule has 1 spiro atoms. The summed E-state index contributed by atoms with van der Waals surface area (Å²) in [5, 5.41) is 3.88. The number of para-hydroxylation sites is 1. The van der Waals surface area contributed by atoms with Crippen molar-refractivity contribution >= 4 is 0 Å². The molecule has 4 rings (SSSR count). The predicted molar refractivity (Wildman–Crippen MR) is 102 cm³/mol. The van der Waals surface area contributed by atoms with Gasteiger partial charge in [-0.2, -0.15) is 0 Å². The van der Waals surface area contributed by atoms with E-state index in [1.165, 1.54) is 57.5 Å². The van der Waals surface area contributed by atoms with E-state index < -0.39 is 0 Å². The molecule has 1 saturated carbocycles. The fraction of sp³-hybridized carbons (Fsp3) is 0.714. The number of benzene rings is 1. The minimum Gasteiger partial charge on any atom is -0.487 e. The Hall–Kier alpha value is -1.10. The molecule has 1 aromatic rings. The number of likely N-dealkylation sites (N-methyl/N-ethyl adjacent to an activating group) is 1. The quantitative estimate of drug-likeness (QED) is 0.890. The number of nitrogens with one attached hydrogen (secondary N) is 1. The van der Waals surface area contributed by atoms with E-state index in [-0.39, 0.29) is 5.60 Å². The van der Waals surface area contributed by atoms with Crippen molar-refractivity contribution in [1.82, 2.24) is 15.1 Å². The van der Waals surface area contributed by atoms with Crippen molar-refractivity contribution in [2.45, 2.75) is 44.2 Å². The number of nitrogens with zero attached hydrogens (tertiary/aromatic N) is 2. The predicted octanol–water partition coefficient (Wildman–Crippen LogP) is 2.91. The highest BCUT2D eigenvalue weighted by molar-refractivity contribution is 5.39. The molecule has 0 bridgehead atoms. The van der Waals surface area contributed by atoms with Crippen LogP contribution >= 0.6 is 0 Å². The standard InChI is InChI=1S/C21H33N3O/c1-17(16-24-12-10-23(2)11-13-24)15-22-19-14-21(8-5-9-21)25-20-7-4-3-6-18(19)20/h3-4,6-7,17,19,22H,5,8-16H2,1-2H3/t17-,19-/m0/s1. The molecular formula is C21H33N3O. The third-order valence-electron chi connectivity index (χ3n) is 6.34. The molecule has 2 heterocycles. The zero-order chi connectivity index (χ0) is 17.3. The van der Waals surface area contributed by atoms with Crippen molar-refractivity contribution < 1.29 is 4.74 Å². The summed E-state index contributed by atoms with van der Waals surface area (Å²) >= 11 is 0. The average molecular weight is 344 g/mol. The number of fused-ring (bicyclic) bond motifs is 1. The number of rotatable bonds is 5. The van der Waals surface area contributed by atoms with Gasteiger partial charge in [0.25, 0.3) is 0 Å². The molecule has 0 unspecified atom stereocenters. The van der Waals surface area contributed by atoms with E-state index in [4.69, 9.17) is 4.74 Å². The van der Waals surface area contributed by atoms with Gasteiger partial charge in [-0.3, -0.25) is 0 Å². The smallest absolute Gasteiger partial charge is 0.124 e. The fourth-order valence-electron chi connectivity index (χ4n) is 4.56. The molecule has 3 aliphatic rings. The molecule has 1 N–H and O–H groups in total. The first kappa shape index (κ1) is 17.3. The molecule has 1 aromatic carbocycles. The Morgan fingerprint density at radius 3 is 2.68 bits per heavy atom. The van der Waals surface area contributed by atoms with Gasteiger partial charge in [0.1, 0.15) is 11.4 Å². The zero-order valence-electron chi connectivity index (χ0n) is 15.8. The largest absolute Gasteiger partial charge is 0.487 e. The van der Waals surface area contributed by atoms with Gasteiger partial charge in [0.05, 0.1) is 0 Å². The molecule has 1 aliphatic carbocycles. The summed E-state index contributed by atoms with van der Waals surface area (Å²) in [5.41, 5.74) is 1.47. The van der Waals surface area contributed by atoms with Gasteiger partial charge < -0.3 is 19.9 Å². The van der Waals surface area contributed by atoms with E-state index in [9.17, 15) is 0 Å². The van der Waals surface area contributed by atoms with Gasteiger partial charge in [0.15, 0.2) is 0 Å². The maximum Gasteiger partial charge on any atom is 0.124 e. The summed E-state index contributed by atoms with van der Waals surface area (Å²) in [7, 11) is 2.22. The molecule has 0 aromatic heterocycles. The second kappa shape index (κ2) is 7.26. The third-order valence-corrected chi connectivity index (χ3v) is 6.34. The maximum absolute atomic E-state index is 6.37. The highest BCUT2D eigenvalue weighted by atomic mass is 16.5. The van der Waals surface area contributed by atoms with Crippen molar-refractivity contribution in [3.05, 3.63) is 29.8 Å². The van der Waals surface area contributed by atoms with E-state index >= 15 is 0 Å². The summed E-state index contributed by atoms with van der Waals surface area (Å²) in [6, 6.07) is 9.08. The summed E-state index contributed by atoms with van der Waals surface area (Å²) < 4.78 is 6.37. The van der Waals surface area contributed by atoms with Crippen LogP contribution in [0.1, 0.15) is 44.2 Å². The minimum atomic E-state index is 0.118. The Labute approximate surface area is 152 Å². The zero-order valence-corrected chi connectivity index (χ0v) is 15.8. The van der Waals surface area contributed by atoms with Crippen LogP contribution in [0.25, 0.3) is 0 Å². The molecule has 2 aliphatic heterocycles. The lowest BCUT2D eigenvalue weighted by Crippen LogP contribution is -2.50. The lowest BCUT2D eigenvalue weighted by Gasteiger charge is -2.48. The summed E-state index contributed by atoms with van der Waals surface area (Å²) in [5.74, 6) is 1.79. The van der Waals surface area contributed by atoms with Gasteiger partial charge in [-0.25, -0.2) is 0 Å². The molecule has 4 nitrogen and oxygen atoms in total. The molecular weight excluding hydrogens is 310 g/mol. The number of hydrogen-bond donors (Lipinski definition) is 1. The van der Waals surface area contributed by atoms with Crippen LogP contribution in [0.3, 0.4) is 0 Å². The summed E-state index contributed by atoms with van der Waals surface area (Å²) in [4.78, 5) is 5.05. The number of hydrogen-bond acceptors (Lipinski definition) is 4. The van der Waals surface area contributed by atoms with Crippen molar-refractivity contribution in [3.8, 4) is 5.75 Å². The highest BCUT2D eigenvalue weighted by Crippen LogP contribution is 2.48. The second-order valence-electron chi connectivity index (χ2n) is 8.55. The van der Waals surface area contributed by atoms with Crippen LogP contribution < -0.4 is 10.1 Å². The van der Waals surface area contributed by atoms with E-state index in [1.807, 2.05) is 0 Å². The molecule has 25 heavy (non-hydrogen) atoms. The summed E-state index contributed by atoms with van der Waals surface area (Å²) in [6.45, 7) is 9.51. The van der Waals surface area contributed by atoms with Crippen LogP contribution in [-0.2, 0) is 0 Å². The SMILES string of the molecule is C[C@@H](CN[C@H]1CC2(CCC2)Oc2ccccc21)CN1CCN(C)CC1. The first-order valence-electron chi connectivity index (χ1n) is 10.1. The van der Waals surface area contributed by atoms with Gasteiger partial charge in [-0.15, -0.1) is 0 Å². The Kier molecular flexibility index (Phi) is 5.03.